The maximum Gasteiger partial charge on any atom is 0.0445 e. The average molecular weight is 511 g/mol. The second kappa shape index (κ2) is 7.50. The highest BCUT2D eigenvalue weighted by molar-refractivity contribution is 7.26. The molecule has 3 aromatic carbocycles. The largest absolute Gasteiger partial charge is 0.140 e. The van der Waals surface area contributed by atoms with E-state index < -0.39 is 0 Å². The molecule has 34 heavy (non-hydrogen) atoms. The lowest BCUT2D eigenvalue weighted by atomic mass is 9.99. The first-order chi connectivity index (χ1) is 16.4. The second-order valence-electron chi connectivity index (χ2n) is 9.25. The molecule has 4 heterocycles. The lowest BCUT2D eigenvalue weighted by Crippen LogP contribution is -1.81. The summed E-state index contributed by atoms with van der Waals surface area (Å²) >= 11 is 7.75. The van der Waals surface area contributed by atoms with Gasteiger partial charge in [0.1, 0.15) is 0 Å². The zero-order valence-electron chi connectivity index (χ0n) is 19.4. The molecule has 0 radical (unpaired) electrons. The smallest absolute Gasteiger partial charge is 0.0445 e. The molecule has 0 fully saturated rings. The van der Waals surface area contributed by atoms with Crippen molar-refractivity contribution >= 4 is 85.7 Å². The zero-order chi connectivity index (χ0) is 23.1. The van der Waals surface area contributed by atoms with Crippen molar-refractivity contribution in [3.63, 3.8) is 0 Å². The molecule has 0 saturated heterocycles. The predicted molar refractivity (Wildman–Crippen MR) is 158 cm³/mol. The van der Waals surface area contributed by atoms with E-state index in [0.717, 1.165) is 0 Å². The Morgan fingerprint density at radius 3 is 1.35 bits per heavy atom. The number of hydrogen-bond donors (Lipinski definition) is 0. The maximum absolute atomic E-state index is 2.42. The Balaban J connectivity index is 1.60. The van der Waals surface area contributed by atoms with Gasteiger partial charge in [-0.1, -0.05) is 35.4 Å². The predicted octanol–water partition coefficient (Wildman–Crippen LogP) is 11.1. The SMILES string of the molecule is Cc1ccc2sc(-c3c4cc(C)sc4c(-c4cc5cc(C)ccc5s4)c4cc(C)sc34)cc2c1. The monoisotopic (exact) mass is 510 g/mol. The summed E-state index contributed by atoms with van der Waals surface area (Å²) in [7, 11) is 0. The summed E-state index contributed by atoms with van der Waals surface area (Å²) in [5.41, 5.74) is 5.49. The highest BCUT2D eigenvalue weighted by Crippen LogP contribution is 2.52. The molecule has 0 spiro atoms. The summed E-state index contributed by atoms with van der Waals surface area (Å²) in [4.78, 5) is 5.52. The lowest BCUT2D eigenvalue weighted by molar-refractivity contribution is 1.51. The molecule has 0 unspecified atom stereocenters. The summed E-state index contributed by atoms with van der Waals surface area (Å²) in [6, 6.07) is 23.3. The van der Waals surface area contributed by atoms with Crippen molar-refractivity contribution in [2.75, 3.05) is 0 Å². The highest BCUT2D eigenvalue weighted by Gasteiger charge is 2.22. The number of thiophene rings is 4. The summed E-state index contributed by atoms with van der Waals surface area (Å²) < 4.78 is 5.58. The van der Waals surface area contributed by atoms with Crippen molar-refractivity contribution in [2.24, 2.45) is 0 Å². The van der Waals surface area contributed by atoms with E-state index in [1.807, 2.05) is 45.3 Å². The normalized spacial score (nSPS) is 12.1. The summed E-state index contributed by atoms with van der Waals surface area (Å²) in [5, 5.41) is 5.52. The fourth-order valence-electron chi connectivity index (χ4n) is 5.08. The quantitative estimate of drug-likeness (QED) is 0.217. The zero-order valence-corrected chi connectivity index (χ0v) is 22.7. The van der Waals surface area contributed by atoms with Gasteiger partial charge in [0.25, 0.3) is 0 Å². The minimum Gasteiger partial charge on any atom is -0.140 e. The molecule has 0 bridgehead atoms. The van der Waals surface area contributed by atoms with Crippen LogP contribution in [0, 0.1) is 27.7 Å². The Labute approximate surface area is 214 Å². The molecule has 0 amide bonds. The van der Waals surface area contributed by atoms with Gasteiger partial charge >= 0.3 is 0 Å². The molecule has 0 aliphatic rings. The van der Waals surface area contributed by atoms with Crippen LogP contribution in [-0.2, 0) is 0 Å². The third-order valence-electron chi connectivity index (χ3n) is 6.54. The Hall–Kier alpha value is -2.50. The number of hydrogen-bond acceptors (Lipinski definition) is 4. The molecule has 166 valence electrons. The van der Waals surface area contributed by atoms with E-state index in [1.54, 1.807) is 0 Å². The second-order valence-corrected chi connectivity index (χ2v) is 13.9. The van der Waals surface area contributed by atoms with Gasteiger partial charge in [-0.15, -0.1) is 45.3 Å². The van der Waals surface area contributed by atoms with E-state index in [4.69, 9.17) is 0 Å². The van der Waals surface area contributed by atoms with Gasteiger partial charge in [0.05, 0.1) is 0 Å². The molecule has 0 saturated carbocycles. The van der Waals surface area contributed by atoms with Crippen molar-refractivity contribution in [3.05, 3.63) is 81.5 Å². The standard InChI is InChI=1S/C30H22S4/c1-15-5-7-23-19(9-15)13-25(33-23)27-21-11-17(3)32-30(21)28(22-12-18(4)31-29(22)27)26-14-20-10-16(2)6-8-24(20)34-26/h5-14H,1-4H3. The topological polar surface area (TPSA) is 0 Å². The fraction of sp³-hybridized carbons (Fsp3) is 0.133. The molecule has 4 heteroatoms. The van der Waals surface area contributed by atoms with Crippen molar-refractivity contribution < 1.29 is 0 Å². The van der Waals surface area contributed by atoms with Crippen LogP contribution < -0.4 is 0 Å². The van der Waals surface area contributed by atoms with Crippen LogP contribution in [0.15, 0.2) is 60.7 Å². The molecule has 7 aromatic rings. The number of aryl methyl sites for hydroxylation is 4. The minimum atomic E-state index is 1.32. The minimum absolute atomic E-state index is 1.32. The third-order valence-corrected chi connectivity index (χ3v) is 10.9. The van der Waals surface area contributed by atoms with Crippen molar-refractivity contribution in [1.82, 2.24) is 0 Å². The Bertz CT molecular complexity index is 1710. The van der Waals surface area contributed by atoms with Crippen molar-refractivity contribution in [1.29, 1.82) is 0 Å². The Kier molecular flexibility index (Phi) is 4.59. The molecule has 4 aromatic heterocycles. The van der Waals surface area contributed by atoms with Gasteiger partial charge in [-0.25, -0.2) is 0 Å². The van der Waals surface area contributed by atoms with Gasteiger partial charge in [0.15, 0.2) is 0 Å². The van der Waals surface area contributed by atoms with Crippen LogP contribution in [-0.4, -0.2) is 0 Å². The summed E-state index contributed by atoms with van der Waals surface area (Å²) in [6.45, 7) is 8.86. The van der Waals surface area contributed by atoms with Crippen LogP contribution in [0.1, 0.15) is 20.9 Å². The van der Waals surface area contributed by atoms with Crippen LogP contribution in [0.3, 0.4) is 0 Å². The van der Waals surface area contributed by atoms with Crippen LogP contribution in [0.2, 0.25) is 0 Å². The molecule has 7 rings (SSSR count). The molecular weight excluding hydrogens is 489 g/mol. The van der Waals surface area contributed by atoms with Crippen LogP contribution in [0.4, 0.5) is 0 Å². The Morgan fingerprint density at radius 2 is 0.912 bits per heavy atom. The molecular formula is C30H22S4. The van der Waals surface area contributed by atoms with E-state index in [0.29, 0.717) is 0 Å². The van der Waals surface area contributed by atoms with Crippen LogP contribution in [0.5, 0.6) is 0 Å². The number of benzene rings is 3. The molecule has 0 nitrogen and oxygen atoms in total. The van der Waals surface area contributed by atoms with E-state index in [2.05, 4.69) is 88.4 Å². The van der Waals surface area contributed by atoms with E-state index in [9.17, 15) is 0 Å². The van der Waals surface area contributed by atoms with Crippen LogP contribution in [0.25, 0.3) is 61.2 Å². The van der Waals surface area contributed by atoms with E-state index in [1.165, 1.54) is 82.1 Å². The first kappa shape index (κ1) is 20.8. The van der Waals surface area contributed by atoms with Gasteiger partial charge < -0.3 is 0 Å². The van der Waals surface area contributed by atoms with Gasteiger partial charge in [0.2, 0.25) is 0 Å². The highest BCUT2D eigenvalue weighted by atomic mass is 32.1. The average Bonchev–Trinajstić information content (AvgIpc) is 3.55. The maximum atomic E-state index is 2.42. The first-order valence-corrected chi connectivity index (χ1v) is 14.7. The fourth-order valence-corrected chi connectivity index (χ4v) is 9.61. The molecule has 0 aliphatic carbocycles. The molecule has 0 aliphatic heterocycles. The van der Waals surface area contributed by atoms with Gasteiger partial charge in [-0.05, 0) is 74.9 Å². The van der Waals surface area contributed by atoms with E-state index >= 15 is 0 Å². The summed E-state index contributed by atoms with van der Waals surface area (Å²) in [6.07, 6.45) is 0. The Morgan fingerprint density at radius 1 is 0.471 bits per heavy atom. The summed E-state index contributed by atoms with van der Waals surface area (Å²) in [5.74, 6) is 0. The van der Waals surface area contributed by atoms with Gasteiger partial charge in [-0.3, -0.25) is 0 Å². The van der Waals surface area contributed by atoms with Gasteiger partial charge in [0, 0.05) is 60.2 Å². The van der Waals surface area contributed by atoms with Crippen molar-refractivity contribution in [2.45, 2.75) is 27.7 Å². The molecule has 0 N–H and O–H groups in total. The third kappa shape index (κ3) is 3.13. The first-order valence-electron chi connectivity index (χ1n) is 11.4. The van der Waals surface area contributed by atoms with Crippen LogP contribution >= 0.6 is 45.3 Å². The van der Waals surface area contributed by atoms with E-state index in [-0.39, 0.29) is 0 Å². The number of fused-ring (bicyclic) bond motifs is 4. The lowest BCUT2D eigenvalue weighted by Gasteiger charge is -2.09. The number of rotatable bonds is 2. The van der Waals surface area contributed by atoms with Crippen molar-refractivity contribution in [3.8, 4) is 20.9 Å². The molecule has 0 atom stereocenters. The van der Waals surface area contributed by atoms with Gasteiger partial charge in [-0.2, -0.15) is 0 Å².